The van der Waals surface area contributed by atoms with Crippen molar-refractivity contribution >= 4 is 43.9 Å². The summed E-state index contributed by atoms with van der Waals surface area (Å²) in [6, 6.07) is 8.48. The lowest BCUT2D eigenvalue weighted by atomic mass is 10.2. The molecule has 18 heavy (non-hydrogen) atoms. The summed E-state index contributed by atoms with van der Waals surface area (Å²) in [6.07, 6.45) is 1.86. The van der Waals surface area contributed by atoms with E-state index in [2.05, 4.69) is 55.9 Å². The molecule has 0 saturated carbocycles. The number of aromatic amines is 1. The van der Waals surface area contributed by atoms with Gasteiger partial charge in [0.2, 0.25) is 0 Å². The molecule has 0 bridgehead atoms. The second kappa shape index (κ2) is 4.74. The standard InChI is InChI=1S/C13H12BrN3S/c1-8(13-10(14)5-6-18-13)16-11-3-2-4-12-9(11)7-15-17-12/h2-8,16H,1H3,(H,15,17). The number of anilines is 1. The number of halogens is 1. The maximum absolute atomic E-state index is 4.08. The summed E-state index contributed by atoms with van der Waals surface area (Å²) in [6.45, 7) is 2.16. The Morgan fingerprint density at radius 3 is 3.06 bits per heavy atom. The highest BCUT2D eigenvalue weighted by molar-refractivity contribution is 9.10. The molecule has 0 saturated heterocycles. The molecule has 0 aliphatic carbocycles. The number of hydrogen-bond donors (Lipinski definition) is 2. The molecule has 1 atom stereocenters. The van der Waals surface area contributed by atoms with Crippen molar-refractivity contribution in [2.24, 2.45) is 0 Å². The predicted molar refractivity (Wildman–Crippen MR) is 80.2 cm³/mol. The second-order valence-corrected chi connectivity index (χ2v) is 5.94. The van der Waals surface area contributed by atoms with E-state index in [1.165, 1.54) is 4.88 Å². The molecule has 0 aliphatic heterocycles. The number of fused-ring (bicyclic) bond motifs is 1. The average molecular weight is 322 g/mol. The van der Waals surface area contributed by atoms with Gasteiger partial charge in [0.05, 0.1) is 17.8 Å². The summed E-state index contributed by atoms with van der Waals surface area (Å²) in [5, 5.41) is 13.8. The summed E-state index contributed by atoms with van der Waals surface area (Å²) in [4.78, 5) is 1.30. The first-order valence-corrected chi connectivity index (χ1v) is 7.34. The number of nitrogens with zero attached hydrogens (tertiary/aromatic N) is 1. The first-order valence-electron chi connectivity index (χ1n) is 5.67. The van der Waals surface area contributed by atoms with Crippen molar-refractivity contribution in [3.63, 3.8) is 0 Å². The first-order chi connectivity index (χ1) is 8.75. The Morgan fingerprint density at radius 2 is 2.28 bits per heavy atom. The first kappa shape index (κ1) is 11.7. The molecule has 2 N–H and O–H groups in total. The molecule has 0 spiro atoms. The maximum atomic E-state index is 4.08. The Kier molecular flexibility index (Phi) is 3.09. The van der Waals surface area contributed by atoms with E-state index in [0.29, 0.717) is 0 Å². The van der Waals surface area contributed by atoms with Crippen LogP contribution in [0.3, 0.4) is 0 Å². The minimum Gasteiger partial charge on any atom is -0.377 e. The summed E-state index contributed by atoms with van der Waals surface area (Å²) >= 11 is 5.33. The van der Waals surface area contributed by atoms with Gasteiger partial charge in [0, 0.05) is 20.4 Å². The number of aromatic nitrogens is 2. The predicted octanol–water partition coefficient (Wildman–Crippen LogP) is 4.56. The highest BCUT2D eigenvalue weighted by Gasteiger charge is 2.12. The third-order valence-corrected chi connectivity index (χ3v) is 4.95. The van der Waals surface area contributed by atoms with Crippen LogP contribution in [0, 0.1) is 0 Å². The smallest absolute Gasteiger partial charge is 0.0671 e. The zero-order chi connectivity index (χ0) is 12.5. The number of H-pyrrole nitrogens is 1. The molecule has 1 unspecified atom stereocenters. The number of rotatable bonds is 3. The number of hydrogen-bond acceptors (Lipinski definition) is 3. The van der Waals surface area contributed by atoms with Crippen LogP contribution in [0.4, 0.5) is 5.69 Å². The topological polar surface area (TPSA) is 40.7 Å². The van der Waals surface area contributed by atoms with Crippen molar-refractivity contribution in [1.29, 1.82) is 0 Å². The zero-order valence-corrected chi connectivity index (χ0v) is 12.2. The van der Waals surface area contributed by atoms with Crippen molar-refractivity contribution in [3.05, 3.63) is 45.2 Å². The monoisotopic (exact) mass is 321 g/mol. The van der Waals surface area contributed by atoms with Gasteiger partial charge in [-0.05, 0) is 46.4 Å². The Balaban J connectivity index is 1.93. The van der Waals surface area contributed by atoms with Crippen LogP contribution in [0.1, 0.15) is 17.8 Å². The lowest BCUT2D eigenvalue weighted by Crippen LogP contribution is -2.05. The van der Waals surface area contributed by atoms with Crippen LogP contribution in [-0.4, -0.2) is 10.2 Å². The molecular weight excluding hydrogens is 310 g/mol. The molecule has 5 heteroatoms. The molecule has 0 fully saturated rings. The second-order valence-electron chi connectivity index (χ2n) is 4.14. The summed E-state index contributed by atoms with van der Waals surface area (Å²) in [7, 11) is 0. The van der Waals surface area contributed by atoms with Crippen molar-refractivity contribution in [1.82, 2.24) is 10.2 Å². The van der Waals surface area contributed by atoms with E-state index in [0.717, 1.165) is 21.1 Å². The molecule has 92 valence electrons. The van der Waals surface area contributed by atoms with E-state index in [-0.39, 0.29) is 6.04 Å². The fourth-order valence-electron chi connectivity index (χ4n) is 2.01. The molecule has 3 nitrogen and oxygen atoms in total. The molecule has 3 aromatic rings. The third kappa shape index (κ3) is 2.04. The normalized spacial score (nSPS) is 12.8. The van der Waals surface area contributed by atoms with Gasteiger partial charge in [0.1, 0.15) is 0 Å². The Labute approximate surface area is 117 Å². The van der Waals surface area contributed by atoms with E-state index < -0.39 is 0 Å². The van der Waals surface area contributed by atoms with Crippen LogP contribution in [0.15, 0.2) is 40.3 Å². The van der Waals surface area contributed by atoms with Gasteiger partial charge in [0.25, 0.3) is 0 Å². The summed E-state index contributed by atoms with van der Waals surface area (Å²) in [5.74, 6) is 0. The fourth-order valence-corrected chi connectivity index (χ4v) is 3.73. The van der Waals surface area contributed by atoms with E-state index in [1.807, 2.05) is 18.3 Å². The quantitative estimate of drug-likeness (QED) is 0.742. The highest BCUT2D eigenvalue weighted by Crippen LogP contribution is 2.32. The minimum absolute atomic E-state index is 0.264. The number of thiophene rings is 1. The van der Waals surface area contributed by atoms with Crippen molar-refractivity contribution in [2.45, 2.75) is 13.0 Å². The number of nitrogens with one attached hydrogen (secondary N) is 2. The van der Waals surface area contributed by atoms with Crippen LogP contribution < -0.4 is 5.32 Å². The molecule has 2 aromatic heterocycles. The molecule has 1 aromatic carbocycles. The largest absolute Gasteiger partial charge is 0.377 e. The molecular formula is C13H12BrN3S. The molecule has 0 amide bonds. The lowest BCUT2D eigenvalue weighted by molar-refractivity contribution is 0.905. The van der Waals surface area contributed by atoms with E-state index in [1.54, 1.807) is 11.3 Å². The number of benzene rings is 1. The van der Waals surface area contributed by atoms with Crippen LogP contribution in [0.2, 0.25) is 0 Å². The Morgan fingerprint density at radius 1 is 1.39 bits per heavy atom. The van der Waals surface area contributed by atoms with Gasteiger partial charge in [-0.15, -0.1) is 11.3 Å². The summed E-state index contributed by atoms with van der Waals surface area (Å²) < 4.78 is 1.16. The lowest BCUT2D eigenvalue weighted by Gasteiger charge is -2.15. The molecule has 2 heterocycles. The van der Waals surface area contributed by atoms with Gasteiger partial charge < -0.3 is 5.32 Å². The molecule has 3 rings (SSSR count). The minimum atomic E-state index is 0.264. The van der Waals surface area contributed by atoms with Gasteiger partial charge in [-0.3, -0.25) is 5.10 Å². The fraction of sp³-hybridized carbons (Fsp3) is 0.154. The molecule has 0 radical (unpaired) electrons. The SMILES string of the molecule is CC(Nc1cccc2[nH]ncc12)c1sccc1Br. The van der Waals surface area contributed by atoms with Crippen molar-refractivity contribution < 1.29 is 0 Å². The van der Waals surface area contributed by atoms with Gasteiger partial charge in [-0.25, -0.2) is 0 Å². The van der Waals surface area contributed by atoms with Crippen molar-refractivity contribution in [3.8, 4) is 0 Å². The van der Waals surface area contributed by atoms with Crippen LogP contribution in [0.5, 0.6) is 0 Å². The van der Waals surface area contributed by atoms with Crippen LogP contribution in [0.25, 0.3) is 10.9 Å². The maximum Gasteiger partial charge on any atom is 0.0671 e. The highest BCUT2D eigenvalue weighted by atomic mass is 79.9. The van der Waals surface area contributed by atoms with Gasteiger partial charge in [0.15, 0.2) is 0 Å². The van der Waals surface area contributed by atoms with Gasteiger partial charge >= 0.3 is 0 Å². The van der Waals surface area contributed by atoms with Crippen LogP contribution in [-0.2, 0) is 0 Å². The summed E-state index contributed by atoms with van der Waals surface area (Å²) in [5.41, 5.74) is 2.16. The Bertz CT molecular complexity index is 673. The average Bonchev–Trinajstić information content (AvgIpc) is 2.97. The third-order valence-electron chi connectivity index (χ3n) is 2.89. The van der Waals surface area contributed by atoms with E-state index >= 15 is 0 Å². The van der Waals surface area contributed by atoms with Gasteiger partial charge in [-0.1, -0.05) is 6.07 Å². The zero-order valence-electron chi connectivity index (χ0n) is 9.77. The van der Waals surface area contributed by atoms with Crippen LogP contribution >= 0.6 is 27.3 Å². The Hall–Kier alpha value is -1.33. The van der Waals surface area contributed by atoms with Crippen molar-refractivity contribution in [2.75, 3.05) is 5.32 Å². The van der Waals surface area contributed by atoms with E-state index in [4.69, 9.17) is 0 Å². The van der Waals surface area contributed by atoms with E-state index in [9.17, 15) is 0 Å². The molecule has 0 aliphatic rings. The van der Waals surface area contributed by atoms with Gasteiger partial charge in [-0.2, -0.15) is 5.10 Å².